The van der Waals surface area contributed by atoms with Gasteiger partial charge in [0.2, 0.25) is 0 Å². The Bertz CT molecular complexity index is 123. The van der Waals surface area contributed by atoms with Crippen LogP contribution < -0.4 is 0 Å². The molecule has 0 aromatic heterocycles. The fourth-order valence-electron chi connectivity index (χ4n) is 1.08. The maximum atomic E-state index is 11.9. The van der Waals surface area contributed by atoms with Gasteiger partial charge in [-0.25, -0.2) is 0 Å². The molecule has 0 aliphatic carbocycles. The van der Waals surface area contributed by atoms with Crippen LogP contribution in [-0.4, -0.2) is 42.9 Å². The zero-order chi connectivity index (χ0) is 8.32. The monoisotopic (exact) mass is 184 g/mol. The molecular formula is C5H10BF3NS-. The molecule has 1 fully saturated rings. The average molecular weight is 184 g/mol. The molecular weight excluding hydrogens is 174 g/mol. The first-order chi connectivity index (χ1) is 5.08. The topological polar surface area (TPSA) is 3.24 Å². The third kappa shape index (κ3) is 3.91. The van der Waals surface area contributed by atoms with E-state index in [2.05, 4.69) is 0 Å². The number of thioether (sulfide) groups is 1. The van der Waals surface area contributed by atoms with Crippen LogP contribution in [-0.2, 0) is 0 Å². The van der Waals surface area contributed by atoms with E-state index in [0.29, 0.717) is 13.1 Å². The van der Waals surface area contributed by atoms with Crippen LogP contribution in [0.2, 0.25) is 0 Å². The Kier molecular flexibility index (Phi) is 3.12. The molecule has 0 bridgehead atoms. The van der Waals surface area contributed by atoms with Gasteiger partial charge in [-0.2, -0.15) is 11.8 Å². The van der Waals surface area contributed by atoms with Crippen molar-refractivity contribution >= 4 is 18.7 Å². The van der Waals surface area contributed by atoms with Crippen molar-refractivity contribution in [2.75, 3.05) is 31.0 Å². The Labute approximate surface area is 68.4 Å². The van der Waals surface area contributed by atoms with E-state index in [1.807, 2.05) is 0 Å². The largest absolute Gasteiger partial charge is 0.492 e. The highest BCUT2D eigenvalue weighted by Crippen LogP contribution is 2.14. The summed E-state index contributed by atoms with van der Waals surface area (Å²) in [6, 6.07) is 0. The summed E-state index contributed by atoms with van der Waals surface area (Å²) >= 11 is 1.72. The van der Waals surface area contributed by atoms with Crippen molar-refractivity contribution in [2.45, 2.75) is 0 Å². The highest BCUT2D eigenvalue weighted by atomic mass is 32.2. The summed E-state index contributed by atoms with van der Waals surface area (Å²) in [5.74, 6) is 1.68. The Balaban J connectivity index is 2.24. The Morgan fingerprint density at radius 1 is 1.18 bits per heavy atom. The highest BCUT2D eigenvalue weighted by Gasteiger charge is 2.26. The smallest absolute Gasteiger partial charge is 0.448 e. The summed E-state index contributed by atoms with van der Waals surface area (Å²) in [7, 11) is 0. The van der Waals surface area contributed by atoms with Crippen LogP contribution in [0.15, 0.2) is 0 Å². The molecule has 0 amide bonds. The first kappa shape index (κ1) is 9.25. The van der Waals surface area contributed by atoms with Crippen molar-refractivity contribution < 1.29 is 12.9 Å². The molecule has 0 N–H and O–H groups in total. The maximum absolute atomic E-state index is 11.9. The molecule has 0 aromatic rings. The number of halogens is 3. The molecule has 6 heteroatoms. The van der Waals surface area contributed by atoms with Gasteiger partial charge in [0.15, 0.2) is 0 Å². The van der Waals surface area contributed by atoms with Crippen LogP contribution in [0, 0.1) is 0 Å². The zero-order valence-corrected chi connectivity index (χ0v) is 6.92. The second kappa shape index (κ2) is 3.71. The number of hydrogen-bond acceptors (Lipinski definition) is 2. The predicted octanol–water partition coefficient (Wildman–Crippen LogP) is 1.42. The third-order valence-corrected chi connectivity index (χ3v) is 2.51. The second-order valence-corrected chi connectivity index (χ2v) is 3.85. The van der Waals surface area contributed by atoms with Crippen molar-refractivity contribution in [3.8, 4) is 0 Å². The Morgan fingerprint density at radius 3 is 2.18 bits per heavy atom. The van der Waals surface area contributed by atoms with Gasteiger partial charge >= 0.3 is 6.98 Å². The van der Waals surface area contributed by atoms with Crippen LogP contribution in [0.5, 0.6) is 0 Å². The maximum Gasteiger partial charge on any atom is 0.492 e. The molecule has 1 aliphatic rings. The van der Waals surface area contributed by atoms with E-state index in [1.165, 1.54) is 4.90 Å². The molecule has 1 heterocycles. The first-order valence-electron chi connectivity index (χ1n) is 3.59. The lowest BCUT2D eigenvalue weighted by atomic mass is 9.91. The van der Waals surface area contributed by atoms with Gasteiger partial charge in [0, 0.05) is 24.6 Å². The summed E-state index contributed by atoms with van der Waals surface area (Å²) in [5, 5.41) is 0. The number of rotatable bonds is 2. The number of nitrogens with zero attached hydrogens (tertiary/aromatic N) is 1. The average Bonchev–Trinajstić information content (AvgIpc) is 1.85. The molecule has 11 heavy (non-hydrogen) atoms. The van der Waals surface area contributed by atoms with E-state index in [9.17, 15) is 12.9 Å². The molecule has 1 nitrogen and oxygen atoms in total. The lowest BCUT2D eigenvalue weighted by molar-refractivity contribution is 0.303. The molecule has 66 valence electrons. The van der Waals surface area contributed by atoms with Crippen LogP contribution in [0.1, 0.15) is 0 Å². The van der Waals surface area contributed by atoms with E-state index in [1.54, 1.807) is 11.8 Å². The second-order valence-electron chi connectivity index (χ2n) is 2.62. The normalized spacial score (nSPS) is 22.1. The Morgan fingerprint density at radius 2 is 1.73 bits per heavy atom. The van der Waals surface area contributed by atoms with Crippen molar-refractivity contribution in [2.24, 2.45) is 0 Å². The van der Waals surface area contributed by atoms with E-state index in [4.69, 9.17) is 0 Å². The summed E-state index contributed by atoms with van der Waals surface area (Å²) in [6.07, 6.45) is -0.680. The summed E-state index contributed by atoms with van der Waals surface area (Å²) in [6.45, 7) is -3.43. The molecule has 1 saturated heterocycles. The van der Waals surface area contributed by atoms with Crippen molar-refractivity contribution in [1.82, 2.24) is 4.90 Å². The fourth-order valence-corrected chi connectivity index (χ4v) is 2.06. The lowest BCUT2D eigenvalue weighted by Gasteiger charge is -2.30. The van der Waals surface area contributed by atoms with Gasteiger partial charge in [0.05, 0.1) is 0 Å². The highest BCUT2D eigenvalue weighted by molar-refractivity contribution is 7.99. The molecule has 1 aliphatic heterocycles. The quantitative estimate of drug-likeness (QED) is 0.597. The van der Waals surface area contributed by atoms with Crippen LogP contribution in [0.25, 0.3) is 0 Å². The summed E-state index contributed by atoms with van der Waals surface area (Å²) < 4.78 is 35.6. The van der Waals surface area contributed by atoms with Gasteiger partial charge in [-0.05, 0) is 6.44 Å². The van der Waals surface area contributed by atoms with Crippen LogP contribution >= 0.6 is 11.8 Å². The minimum atomic E-state index is -4.61. The van der Waals surface area contributed by atoms with Crippen LogP contribution in [0.3, 0.4) is 0 Å². The molecule has 0 saturated carbocycles. The first-order valence-corrected chi connectivity index (χ1v) is 4.74. The van der Waals surface area contributed by atoms with Crippen molar-refractivity contribution in [3.63, 3.8) is 0 Å². The SMILES string of the molecule is F[B-](F)(F)CN1CCSCC1. The molecule has 1 rings (SSSR count). The van der Waals surface area contributed by atoms with E-state index >= 15 is 0 Å². The number of hydrogen-bond donors (Lipinski definition) is 0. The molecule has 0 unspecified atom stereocenters. The van der Waals surface area contributed by atoms with E-state index in [-0.39, 0.29) is 0 Å². The van der Waals surface area contributed by atoms with Gasteiger partial charge in [0.25, 0.3) is 0 Å². The van der Waals surface area contributed by atoms with Crippen molar-refractivity contribution in [3.05, 3.63) is 0 Å². The van der Waals surface area contributed by atoms with Gasteiger partial charge in [0.1, 0.15) is 0 Å². The molecule has 0 atom stereocenters. The predicted molar refractivity (Wildman–Crippen MR) is 42.8 cm³/mol. The van der Waals surface area contributed by atoms with Gasteiger partial charge in [-0.1, -0.05) is 0 Å². The van der Waals surface area contributed by atoms with Gasteiger partial charge < -0.3 is 17.8 Å². The van der Waals surface area contributed by atoms with Gasteiger partial charge in [-0.3, -0.25) is 0 Å². The molecule has 0 spiro atoms. The van der Waals surface area contributed by atoms with Crippen LogP contribution in [0.4, 0.5) is 12.9 Å². The summed E-state index contributed by atoms with van der Waals surface area (Å²) in [4.78, 5) is 1.48. The molecule has 0 radical (unpaired) electrons. The standard InChI is InChI=1S/C5H10BF3NS/c7-6(8,9)5-10-1-3-11-4-2-10/h1-5H2/q-1. The van der Waals surface area contributed by atoms with E-state index < -0.39 is 13.4 Å². The van der Waals surface area contributed by atoms with Crippen molar-refractivity contribution in [1.29, 1.82) is 0 Å². The lowest BCUT2D eigenvalue weighted by Crippen LogP contribution is -2.42. The minimum Gasteiger partial charge on any atom is -0.448 e. The zero-order valence-electron chi connectivity index (χ0n) is 6.10. The summed E-state index contributed by atoms with van der Waals surface area (Å²) in [5.41, 5.74) is 0. The Hall–Kier alpha value is 0.165. The minimum absolute atomic E-state index is 0.589. The van der Waals surface area contributed by atoms with E-state index in [0.717, 1.165) is 11.5 Å². The van der Waals surface area contributed by atoms with Gasteiger partial charge in [-0.15, -0.1) is 0 Å². The third-order valence-electron chi connectivity index (χ3n) is 1.57. The molecule has 0 aromatic carbocycles. The fraction of sp³-hybridized carbons (Fsp3) is 1.00.